The Morgan fingerprint density at radius 2 is 1.77 bits per heavy atom. The van der Waals surface area contributed by atoms with Gasteiger partial charge in [0, 0.05) is 31.0 Å². The molecule has 0 unspecified atom stereocenters. The van der Waals surface area contributed by atoms with E-state index in [9.17, 15) is 27.2 Å². The molecule has 0 radical (unpaired) electrons. The maximum atomic E-state index is 12.6. The molecule has 242 valence electrons. The number of rotatable bonds is 9. The Labute approximate surface area is 263 Å². The first kappa shape index (κ1) is 35.2. The second kappa shape index (κ2) is 15.2. The van der Waals surface area contributed by atoms with Gasteiger partial charge >= 0.3 is 0 Å². The summed E-state index contributed by atoms with van der Waals surface area (Å²) in [6, 6.07) is 6.13. The average molecular weight is 663 g/mol. The van der Waals surface area contributed by atoms with Gasteiger partial charge in [0.15, 0.2) is 0 Å². The molecule has 1 aliphatic carbocycles. The quantitative estimate of drug-likeness (QED) is 0.202. The summed E-state index contributed by atoms with van der Waals surface area (Å²) in [5.74, 6) is -1.02. The van der Waals surface area contributed by atoms with Crippen LogP contribution in [0.15, 0.2) is 24.3 Å². The number of nitrogens with zero attached hydrogens (tertiary/aromatic N) is 2. The molecule has 1 aromatic heterocycles. The summed E-state index contributed by atoms with van der Waals surface area (Å²) < 4.78 is 55.8. The lowest BCUT2D eigenvalue weighted by atomic mass is 9.90. The molecular weight excluding hydrogens is 625 g/mol. The number of carbonyl (C=O) groups excluding carboxylic acids is 2. The number of primary amides is 1. The summed E-state index contributed by atoms with van der Waals surface area (Å²) in [5.41, 5.74) is 6.61. The van der Waals surface area contributed by atoms with Gasteiger partial charge < -0.3 is 25.7 Å². The monoisotopic (exact) mass is 661 g/mol. The van der Waals surface area contributed by atoms with E-state index in [-0.39, 0.29) is 34.7 Å². The summed E-state index contributed by atoms with van der Waals surface area (Å²) in [4.78, 5) is 28.5. The molecule has 8 nitrogen and oxygen atoms in total. The van der Waals surface area contributed by atoms with Crippen molar-refractivity contribution >= 4 is 57.7 Å². The minimum atomic E-state index is -2.72. The minimum Gasteiger partial charge on any atom is -0.487 e. The Hall–Kier alpha value is -3.25. The number of hydrogen-bond donors (Lipinski definition) is 3. The van der Waals surface area contributed by atoms with Crippen LogP contribution in [0.1, 0.15) is 68.8 Å². The van der Waals surface area contributed by atoms with Crippen molar-refractivity contribution in [3.8, 4) is 5.75 Å². The fourth-order valence-corrected chi connectivity index (χ4v) is 5.11. The molecule has 14 heteroatoms. The first-order valence-electron chi connectivity index (χ1n) is 14.1. The van der Waals surface area contributed by atoms with E-state index >= 15 is 0 Å². The van der Waals surface area contributed by atoms with Crippen molar-refractivity contribution in [3.05, 3.63) is 45.4 Å². The molecule has 0 bridgehead atoms. The molecule has 0 aliphatic heterocycles. The number of amides is 2. The van der Waals surface area contributed by atoms with Crippen LogP contribution < -0.4 is 21.1 Å². The zero-order chi connectivity index (χ0) is 32.8. The highest BCUT2D eigenvalue weighted by atomic mass is 35.5. The van der Waals surface area contributed by atoms with Crippen LogP contribution in [0.25, 0.3) is 11.0 Å². The number of alkyl halides is 4. The topological polar surface area (TPSA) is 111 Å². The molecule has 4 N–H and O–H groups in total. The predicted molar refractivity (Wildman–Crippen MR) is 164 cm³/mol. The van der Waals surface area contributed by atoms with Crippen molar-refractivity contribution in [1.82, 2.24) is 14.9 Å². The molecule has 1 fully saturated rings. The fraction of sp³-hybridized carbons (Fsp3) is 0.500. The number of benzene rings is 2. The van der Waals surface area contributed by atoms with Gasteiger partial charge in [-0.05, 0) is 30.5 Å². The lowest BCUT2D eigenvalue weighted by Gasteiger charge is -2.19. The van der Waals surface area contributed by atoms with Crippen molar-refractivity contribution < 1.29 is 31.9 Å². The lowest BCUT2D eigenvalue weighted by molar-refractivity contribution is -0.128. The summed E-state index contributed by atoms with van der Waals surface area (Å²) >= 11 is 13.0. The number of halogens is 6. The van der Waals surface area contributed by atoms with Crippen molar-refractivity contribution in [2.24, 2.45) is 24.1 Å². The first-order chi connectivity index (χ1) is 20.6. The highest BCUT2D eigenvalue weighted by Crippen LogP contribution is 2.37. The summed E-state index contributed by atoms with van der Waals surface area (Å²) in [7, 11) is 1.67. The van der Waals surface area contributed by atoms with Gasteiger partial charge in [0.1, 0.15) is 12.4 Å². The lowest BCUT2D eigenvalue weighted by Crippen LogP contribution is -2.34. The van der Waals surface area contributed by atoms with Gasteiger partial charge in [-0.3, -0.25) is 9.59 Å². The molecule has 44 heavy (non-hydrogen) atoms. The van der Waals surface area contributed by atoms with Crippen LogP contribution >= 0.6 is 23.2 Å². The third-order valence-electron chi connectivity index (χ3n) is 7.15. The Balaban J connectivity index is 0.000000502. The van der Waals surface area contributed by atoms with E-state index in [1.807, 2.05) is 0 Å². The molecule has 2 amide bonds. The molecule has 1 aliphatic rings. The highest BCUT2D eigenvalue weighted by molar-refractivity contribution is 6.39. The summed E-state index contributed by atoms with van der Waals surface area (Å²) in [6.07, 6.45) is -0.118. The van der Waals surface area contributed by atoms with Crippen LogP contribution in [0, 0.1) is 11.3 Å². The Morgan fingerprint density at radius 3 is 2.32 bits per heavy atom. The normalized spacial score (nSPS) is 14.0. The maximum Gasteiger partial charge on any atom is 0.272 e. The number of anilines is 2. The molecule has 2 aromatic carbocycles. The highest BCUT2D eigenvalue weighted by Gasteiger charge is 2.23. The minimum absolute atomic E-state index is 0.0737. The van der Waals surface area contributed by atoms with Crippen molar-refractivity contribution in [3.63, 3.8) is 0 Å². The van der Waals surface area contributed by atoms with Gasteiger partial charge in [0.05, 0.1) is 32.3 Å². The third-order valence-corrected chi connectivity index (χ3v) is 7.89. The number of aromatic nitrogens is 2. The van der Waals surface area contributed by atoms with E-state index in [0.29, 0.717) is 33.3 Å². The van der Waals surface area contributed by atoms with Gasteiger partial charge in [0.2, 0.25) is 18.3 Å². The molecule has 0 saturated heterocycles. The van der Waals surface area contributed by atoms with E-state index in [1.165, 1.54) is 12.1 Å². The van der Waals surface area contributed by atoms with Crippen LogP contribution in [0.2, 0.25) is 10.0 Å². The number of carbonyl (C=O) groups is 2. The standard InChI is InChI=1S/C23H25Cl2F2N5O3.C7H12F2/c1-23(2,3)21(34)29-9-11-5-6-13(24)19(18(11)25)31-22-30-14-7-12(20(28)33)16(35-10-17(26)27)8-15(14)32(22)4;8-7(9)6-4-2-1-3-5-6/h5-8,17H,9-10H2,1-4H3,(H2,28,33)(H,29,34)(H,30,31);6-7H,1-5H2. The van der Waals surface area contributed by atoms with Crippen LogP contribution in [0.5, 0.6) is 5.75 Å². The van der Waals surface area contributed by atoms with Gasteiger partial charge in [-0.1, -0.05) is 69.3 Å². The molecule has 0 atom stereocenters. The van der Waals surface area contributed by atoms with E-state index in [1.54, 1.807) is 44.5 Å². The van der Waals surface area contributed by atoms with Crippen molar-refractivity contribution in [2.45, 2.75) is 72.3 Å². The number of nitrogens with one attached hydrogen (secondary N) is 2. The van der Waals surface area contributed by atoms with E-state index < -0.39 is 30.8 Å². The number of fused-ring (bicyclic) bond motifs is 1. The number of nitrogens with two attached hydrogens (primary N) is 1. The van der Waals surface area contributed by atoms with E-state index in [2.05, 4.69) is 15.6 Å². The van der Waals surface area contributed by atoms with Gasteiger partial charge in [-0.2, -0.15) is 0 Å². The second-order valence-corrected chi connectivity index (χ2v) is 12.4. The largest absolute Gasteiger partial charge is 0.487 e. The number of hydrogen-bond acceptors (Lipinski definition) is 5. The summed E-state index contributed by atoms with van der Waals surface area (Å²) in [6.45, 7) is 4.71. The SMILES string of the molecule is Cn1c(Nc2c(Cl)ccc(CNC(=O)C(C)(C)C)c2Cl)nc2cc(C(N)=O)c(OCC(F)F)cc21.FC(F)C1CCCCC1. The van der Waals surface area contributed by atoms with Crippen LogP contribution in [-0.4, -0.2) is 40.8 Å². The van der Waals surface area contributed by atoms with Gasteiger partial charge in [-0.25, -0.2) is 22.5 Å². The summed E-state index contributed by atoms with van der Waals surface area (Å²) in [5, 5.41) is 6.51. The number of aryl methyl sites for hydroxylation is 1. The number of ether oxygens (including phenoxy) is 1. The first-order valence-corrected chi connectivity index (χ1v) is 14.9. The molecular formula is C30H37Cl2F4N5O3. The zero-order valence-electron chi connectivity index (χ0n) is 25.0. The number of imidazole rings is 1. The molecule has 3 aromatic rings. The average Bonchev–Trinajstić information content (AvgIpc) is 3.27. The Bertz CT molecular complexity index is 1470. The van der Waals surface area contributed by atoms with Gasteiger partial charge in [-0.15, -0.1) is 0 Å². The second-order valence-electron chi connectivity index (χ2n) is 11.6. The predicted octanol–water partition coefficient (Wildman–Crippen LogP) is 7.86. The van der Waals surface area contributed by atoms with Crippen LogP contribution in [0.4, 0.5) is 29.2 Å². The van der Waals surface area contributed by atoms with E-state index in [0.717, 1.165) is 32.1 Å². The fourth-order valence-electron chi connectivity index (χ4n) is 4.58. The van der Waals surface area contributed by atoms with Crippen molar-refractivity contribution in [1.29, 1.82) is 0 Å². The Morgan fingerprint density at radius 1 is 1.11 bits per heavy atom. The van der Waals surface area contributed by atoms with Crippen molar-refractivity contribution in [2.75, 3.05) is 11.9 Å². The van der Waals surface area contributed by atoms with Crippen LogP contribution in [-0.2, 0) is 18.4 Å². The maximum absolute atomic E-state index is 12.6. The molecule has 1 heterocycles. The molecule has 1 saturated carbocycles. The zero-order valence-corrected chi connectivity index (χ0v) is 26.5. The van der Waals surface area contributed by atoms with Crippen LogP contribution in [0.3, 0.4) is 0 Å². The van der Waals surface area contributed by atoms with Gasteiger partial charge in [0.25, 0.3) is 12.3 Å². The molecule has 4 rings (SSSR count). The molecule has 0 spiro atoms. The Kier molecular flexibility index (Phi) is 12.1. The third kappa shape index (κ3) is 9.13. The van der Waals surface area contributed by atoms with E-state index in [4.69, 9.17) is 33.7 Å². The smallest absolute Gasteiger partial charge is 0.272 e.